The zero-order valence-electron chi connectivity index (χ0n) is 9.58. The summed E-state index contributed by atoms with van der Waals surface area (Å²) in [5.41, 5.74) is 0.104. The normalized spacial score (nSPS) is 10.9. The molecule has 0 spiro atoms. The molecule has 2 aromatic rings. The highest BCUT2D eigenvalue weighted by molar-refractivity contribution is 5.80. The van der Waals surface area contributed by atoms with Crippen LogP contribution in [0.3, 0.4) is 0 Å². The summed E-state index contributed by atoms with van der Waals surface area (Å²) in [6, 6.07) is 5.24. The predicted molar refractivity (Wildman–Crippen MR) is 61.2 cm³/mol. The van der Waals surface area contributed by atoms with Gasteiger partial charge in [-0.05, 0) is 29.7 Å². The summed E-state index contributed by atoms with van der Waals surface area (Å²) in [7, 11) is 0. The fraction of sp³-hybridized carbons (Fsp3) is 0.250. The molecule has 98 valence electrons. The summed E-state index contributed by atoms with van der Waals surface area (Å²) in [5, 5.41) is 8.30. The third-order valence-electron chi connectivity index (χ3n) is 2.18. The van der Waals surface area contributed by atoms with Crippen molar-refractivity contribution in [3.8, 4) is 0 Å². The van der Waals surface area contributed by atoms with Crippen LogP contribution >= 0.6 is 0 Å². The number of carboxylic acid groups (broad SMARTS) is 1. The molecule has 0 radical (unpaired) electrons. The minimum Gasteiger partial charge on any atom is -0.481 e. The molecule has 0 aliphatic heterocycles. The summed E-state index contributed by atoms with van der Waals surface area (Å²) < 4.78 is 36.6. The smallest absolute Gasteiger partial charge is 0.416 e. The molecule has 0 saturated heterocycles. The maximum absolute atomic E-state index is 12.2. The molecule has 0 bridgehead atoms. The van der Waals surface area contributed by atoms with Crippen molar-refractivity contribution in [2.24, 2.45) is 0 Å². The Morgan fingerprint density at radius 3 is 2.44 bits per heavy atom. The van der Waals surface area contributed by atoms with Crippen LogP contribution in [0.5, 0.6) is 0 Å². The van der Waals surface area contributed by atoms with Crippen molar-refractivity contribution < 1.29 is 23.1 Å². The quantitative estimate of drug-likeness (QED) is 0.821. The van der Waals surface area contributed by atoms with Crippen LogP contribution in [0, 0.1) is 0 Å². The van der Waals surface area contributed by atoms with E-state index in [1.54, 1.807) is 19.2 Å². The van der Waals surface area contributed by atoms with E-state index in [4.69, 9.17) is 5.11 Å². The number of halogens is 3. The van der Waals surface area contributed by atoms with Gasteiger partial charge in [0.1, 0.15) is 0 Å². The minimum atomic E-state index is -4.26. The first kappa shape index (κ1) is 14.1. The molecule has 0 atom stereocenters. The lowest BCUT2D eigenvalue weighted by atomic mass is 10.1. The van der Waals surface area contributed by atoms with E-state index in [9.17, 15) is 18.0 Å². The summed E-state index contributed by atoms with van der Waals surface area (Å²) in [6.45, 7) is 1.60. The summed E-state index contributed by atoms with van der Waals surface area (Å²) >= 11 is 0. The van der Waals surface area contributed by atoms with Crippen LogP contribution in [0.1, 0.15) is 18.9 Å². The molecular weight excluding hydrogens is 247 g/mol. The van der Waals surface area contributed by atoms with E-state index in [2.05, 4.69) is 4.98 Å². The van der Waals surface area contributed by atoms with E-state index in [1.807, 2.05) is 0 Å². The first-order valence-electron chi connectivity index (χ1n) is 5.20. The van der Waals surface area contributed by atoms with Gasteiger partial charge in [-0.1, -0.05) is 6.92 Å². The molecule has 3 nitrogen and oxygen atoms in total. The average molecular weight is 259 g/mol. The van der Waals surface area contributed by atoms with Crippen molar-refractivity contribution in [1.82, 2.24) is 4.98 Å². The van der Waals surface area contributed by atoms with E-state index in [0.29, 0.717) is 10.9 Å². The number of aromatic amines is 1. The molecule has 18 heavy (non-hydrogen) atoms. The van der Waals surface area contributed by atoms with Crippen molar-refractivity contribution in [3.05, 3.63) is 36.0 Å². The van der Waals surface area contributed by atoms with Crippen molar-refractivity contribution in [2.45, 2.75) is 19.5 Å². The average Bonchev–Trinajstić information content (AvgIpc) is 2.75. The zero-order chi connectivity index (χ0) is 13.8. The summed E-state index contributed by atoms with van der Waals surface area (Å²) in [5.74, 6) is -0.745. The van der Waals surface area contributed by atoms with Gasteiger partial charge in [-0.25, -0.2) is 0 Å². The number of carbonyl (C=O) groups is 1. The standard InChI is InChI=1S/C9H6F3N.C3H6O2/c10-9(11,12)7-1-2-8-6(5-7)3-4-13-8;1-2-3(4)5/h1-5,13H;2H2,1H3,(H,4,5). The molecule has 0 saturated carbocycles. The Hall–Kier alpha value is -1.98. The Morgan fingerprint density at radius 2 is 1.94 bits per heavy atom. The number of fused-ring (bicyclic) bond motifs is 1. The van der Waals surface area contributed by atoms with Gasteiger partial charge in [0.15, 0.2) is 0 Å². The molecule has 0 unspecified atom stereocenters. The van der Waals surface area contributed by atoms with Gasteiger partial charge in [-0.2, -0.15) is 13.2 Å². The van der Waals surface area contributed by atoms with Crippen molar-refractivity contribution in [1.29, 1.82) is 0 Å². The number of alkyl halides is 3. The molecule has 2 N–H and O–H groups in total. The number of aliphatic carboxylic acids is 1. The van der Waals surface area contributed by atoms with Crippen LogP contribution < -0.4 is 0 Å². The number of nitrogens with one attached hydrogen (secondary N) is 1. The van der Waals surface area contributed by atoms with Crippen LogP contribution in [0.15, 0.2) is 30.5 Å². The van der Waals surface area contributed by atoms with Gasteiger partial charge in [-0.3, -0.25) is 4.79 Å². The van der Waals surface area contributed by atoms with Crippen molar-refractivity contribution >= 4 is 16.9 Å². The van der Waals surface area contributed by atoms with Crippen LogP contribution in [0.2, 0.25) is 0 Å². The highest BCUT2D eigenvalue weighted by Gasteiger charge is 2.30. The molecule has 1 aromatic carbocycles. The van der Waals surface area contributed by atoms with Gasteiger partial charge in [0, 0.05) is 18.1 Å². The van der Waals surface area contributed by atoms with E-state index in [-0.39, 0.29) is 6.42 Å². The van der Waals surface area contributed by atoms with E-state index in [1.165, 1.54) is 6.07 Å². The van der Waals surface area contributed by atoms with E-state index in [0.717, 1.165) is 12.1 Å². The topological polar surface area (TPSA) is 53.1 Å². The first-order valence-corrected chi connectivity index (χ1v) is 5.20. The van der Waals surface area contributed by atoms with Gasteiger partial charge in [0.05, 0.1) is 5.56 Å². The van der Waals surface area contributed by atoms with Crippen LogP contribution in [-0.2, 0) is 11.0 Å². The Labute approximate surface area is 101 Å². The van der Waals surface area contributed by atoms with Gasteiger partial charge in [0.2, 0.25) is 0 Å². The van der Waals surface area contributed by atoms with Gasteiger partial charge < -0.3 is 10.1 Å². The fourth-order valence-electron chi connectivity index (χ4n) is 1.23. The van der Waals surface area contributed by atoms with Gasteiger partial charge in [-0.15, -0.1) is 0 Å². The highest BCUT2D eigenvalue weighted by Crippen LogP contribution is 2.30. The number of benzene rings is 1. The highest BCUT2D eigenvalue weighted by atomic mass is 19.4. The fourth-order valence-corrected chi connectivity index (χ4v) is 1.23. The molecule has 0 fully saturated rings. The number of hydrogen-bond acceptors (Lipinski definition) is 1. The Morgan fingerprint density at radius 1 is 1.33 bits per heavy atom. The van der Waals surface area contributed by atoms with E-state index >= 15 is 0 Å². The third-order valence-corrected chi connectivity index (χ3v) is 2.18. The largest absolute Gasteiger partial charge is 0.481 e. The Kier molecular flexibility index (Phi) is 4.36. The summed E-state index contributed by atoms with van der Waals surface area (Å²) in [6.07, 6.45) is -2.42. The second kappa shape index (κ2) is 5.57. The molecule has 1 aromatic heterocycles. The van der Waals surface area contributed by atoms with Gasteiger partial charge >= 0.3 is 12.1 Å². The Balaban J connectivity index is 0.000000280. The SMILES string of the molecule is CCC(=O)O.FC(F)(F)c1ccc2[nH]ccc2c1. The molecule has 0 amide bonds. The molecular formula is C12H12F3NO2. The van der Waals surface area contributed by atoms with Crippen LogP contribution in [-0.4, -0.2) is 16.1 Å². The monoisotopic (exact) mass is 259 g/mol. The van der Waals surface area contributed by atoms with Crippen LogP contribution in [0.4, 0.5) is 13.2 Å². The zero-order valence-corrected chi connectivity index (χ0v) is 9.58. The number of carboxylic acids is 1. The number of hydrogen-bond donors (Lipinski definition) is 2. The number of aromatic nitrogens is 1. The van der Waals surface area contributed by atoms with Gasteiger partial charge in [0.25, 0.3) is 0 Å². The molecule has 6 heteroatoms. The van der Waals surface area contributed by atoms with Crippen molar-refractivity contribution in [2.75, 3.05) is 0 Å². The van der Waals surface area contributed by atoms with Crippen molar-refractivity contribution in [3.63, 3.8) is 0 Å². The molecule has 1 heterocycles. The number of rotatable bonds is 1. The second-order valence-electron chi connectivity index (χ2n) is 3.52. The first-order chi connectivity index (χ1) is 8.34. The lowest BCUT2D eigenvalue weighted by Crippen LogP contribution is -2.03. The Bertz CT molecular complexity index is 531. The molecule has 2 rings (SSSR count). The summed E-state index contributed by atoms with van der Waals surface area (Å²) in [4.78, 5) is 12.2. The minimum absolute atomic E-state index is 0.222. The van der Waals surface area contributed by atoms with E-state index < -0.39 is 17.7 Å². The lowest BCUT2D eigenvalue weighted by Gasteiger charge is -2.05. The molecule has 0 aliphatic rings. The third kappa shape index (κ3) is 3.80. The maximum atomic E-state index is 12.2. The predicted octanol–water partition coefficient (Wildman–Crippen LogP) is 3.67. The number of H-pyrrole nitrogens is 1. The lowest BCUT2D eigenvalue weighted by molar-refractivity contribution is -0.138. The maximum Gasteiger partial charge on any atom is 0.416 e. The second-order valence-corrected chi connectivity index (χ2v) is 3.52. The molecule has 0 aliphatic carbocycles. The van der Waals surface area contributed by atoms with Crippen LogP contribution in [0.25, 0.3) is 10.9 Å².